The van der Waals surface area contributed by atoms with Gasteiger partial charge < -0.3 is 5.32 Å². The summed E-state index contributed by atoms with van der Waals surface area (Å²) in [5, 5.41) is 3.50. The summed E-state index contributed by atoms with van der Waals surface area (Å²) in [6.07, 6.45) is 8.44. The van der Waals surface area contributed by atoms with E-state index in [0.717, 1.165) is 5.92 Å². The van der Waals surface area contributed by atoms with E-state index in [1.807, 2.05) is 0 Å². The van der Waals surface area contributed by atoms with Crippen LogP contribution in [0.1, 0.15) is 55.7 Å². The predicted molar refractivity (Wildman–Crippen MR) is 81.9 cm³/mol. The van der Waals surface area contributed by atoms with Gasteiger partial charge >= 0.3 is 0 Å². The molecule has 100 valence electrons. The second kappa shape index (κ2) is 6.72. The van der Waals surface area contributed by atoms with E-state index in [4.69, 9.17) is 0 Å². The summed E-state index contributed by atoms with van der Waals surface area (Å²) in [5.41, 5.74) is 2.76. The highest BCUT2D eigenvalue weighted by Gasteiger charge is 2.19. The van der Waals surface area contributed by atoms with E-state index in [0.29, 0.717) is 6.04 Å². The van der Waals surface area contributed by atoms with Gasteiger partial charge in [-0.1, -0.05) is 60.2 Å². The molecule has 0 heterocycles. The van der Waals surface area contributed by atoms with Crippen molar-refractivity contribution < 1.29 is 0 Å². The molecular formula is C16H24BrN. The molecule has 2 rings (SSSR count). The Morgan fingerprint density at radius 2 is 2.00 bits per heavy atom. The highest BCUT2D eigenvalue weighted by molar-refractivity contribution is 9.10. The summed E-state index contributed by atoms with van der Waals surface area (Å²) in [6, 6.07) is 7.25. The van der Waals surface area contributed by atoms with Crippen LogP contribution >= 0.6 is 15.9 Å². The van der Waals surface area contributed by atoms with Crippen LogP contribution in [0.3, 0.4) is 0 Å². The van der Waals surface area contributed by atoms with Crippen molar-refractivity contribution in [2.24, 2.45) is 5.92 Å². The van der Waals surface area contributed by atoms with Crippen LogP contribution in [-0.4, -0.2) is 7.05 Å². The number of nitrogens with one attached hydrogen (secondary N) is 1. The van der Waals surface area contributed by atoms with Crippen molar-refractivity contribution in [1.29, 1.82) is 0 Å². The first-order valence-electron chi connectivity index (χ1n) is 7.14. The second-order valence-electron chi connectivity index (χ2n) is 5.59. The molecule has 2 heteroatoms. The molecule has 0 amide bonds. The topological polar surface area (TPSA) is 12.0 Å². The number of halogens is 1. The number of hydrogen-bond donors (Lipinski definition) is 1. The summed E-state index contributed by atoms with van der Waals surface area (Å²) >= 11 is 3.58. The van der Waals surface area contributed by atoms with Crippen LogP contribution in [-0.2, 0) is 0 Å². The summed E-state index contributed by atoms with van der Waals surface area (Å²) < 4.78 is 1.21. The zero-order valence-electron chi connectivity index (χ0n) is 11.5. The quantitative estimate of drug-likeness (QED) is 0.826. The monoisotopic (exact) mass is 309 g/mol. The summed E-state index contributed by atoms with van der Waals surface area (Å²) in [7, 11) is 2.09. The maximum Gasteiger partial charge on any atom is 0.0320 e. The zero-order valence-corrected chi connectivity index (χ0v) is 13.1. The fourth-order valence-electron chi connectivity index (χ4n) is 3.06. The van der Waals surface area contributed by atoms with Crippen LogP contribution < -0.4 is 5.32 Å². The maximum atomic E-state index is 3.58. The molecule has 1 aromatic rings. The van der Waals surface area contributed by atoms with Crippen molar-refractivity contribution in [3.05, 3.63) is 33.8 Å². The van der Waals surface area contributed by atoms with Crippen LogP contribution in [0.5, 0.6) is 0 Å². The third-order valence-corrected chi connectivity index (χ3v) is 5.12. The molecule has 0 radical (unpaired) electrons. The first-order chi connectivity index (χ1) is 8.70. The molecule has 0 saturated heterocycles. The van der Waals surface area contributed by atoms with E-state index in [2.05, 4.69) is 53.4 Å². The van der Waals surface area contributed by atoms with Gasteiger partial charge in [-0.05, 0) is 43.5 Å². The molecule has 0 spiro atoms. The van der Waals surface area contributed by atoms with E-state index in [1.54, 1.807) is 0 Å². The SMILES string of the molecule is CNC(CC1CCCCC1)c1ccc(Br)c(C)c1. The number of aryl methyl sites for hydroxylation is 1. The minimum atomic E-state index is 0.514. The Morgan fingerprint density at radius 3 is 2.61 bits per heavy atom. The van der Waals surface area contributed by atoms with Gasteiger partial charge in [-0.3, -0.25) is 0 Å². The molecule has 1 unspecified atom stereocenters. The van der Waals surface area contributed by atoms with Crippen molar-refractivity contribution in [3.8, 4) is 0 Å². The average Bonchev–Trinajstić information content (AvgIpc) is 2.40. The van der Waals surface area contributed by atoms with Crippen molar-refractivity contribution in [3.63, 3.8) is 0 Å². The van der Waals surface area contributed by atoms with Crippen molar-refractivity contribution in [2.75, 3.05) is 7.05 Å². The normalized spacial score (nSPS) is 18.8. The van der Waals surface area contributed by atoms with Gasteiger partial charge in [0.15, 0.2) is 0 Å². The van der Waals surface area contributed by atoms with Gasteiger partial charge in [-0.25, -0.2) is 0 Å². The van der Waals surface area contributed by atoms with Gasteiger partial charge in [0.1, 0.15) is 0 Å². The lowest BCUT2D eigenvalue weighted by molar-refractivity contribution is 0.306. The Morgan fingerprint density at radius 1 is 1.28 bits per heavy atom. The van der Waals surface area contributed by atoms with Crippen molar-refractivity contribution >= 4 is 15.9 Å². The van der Waals surface area contributed by atoms with E-state index in [9.17, 15) is 0 Å². The van der Waals surface area contributed by atoms with Gasteiger partial charge in [-0.15, -0.1) is 0 Å². The van der Waals surface area contributed by atoms with Crippen LogP contribution in [0, 0.1) is 12.8 Å². The zero-order chi connectivity index (χ0) is 13.0. The highest BCUT2D eigenvalue weighted by Crippen LogP contribution is 2.32. The standard InChI is InChI=1S/C16H24BrN/c1-12-10-14(8-9-15(12)17)16(18-2)11-13-6-4-3-5-7-13/h8-10,13,16,18H,3-7,11H2,1-2H3. The minimum absolute atomic E-state index is 0.514. The second-order valence-corrected chi connectivity index (χ2v) is 6.44. The Kier molecular flexibility index (Phi) is 5.25. The summed E-state index contributed by atoms with van der Waals surface area (Å²) in [5.74, 6) is 0.917. The third-order valence-electron chi connectivity index (χ3n) is 4.23. The predicted octanol–water partition coefficient (Wildman–Crippen LogP) is 4.99. The summed E-state index contributed by atoms with van der Waals surface area (Å²) in [4.78, 5) is 0. The van der Waals surface area contributed by atoms with Gasteiger partial charge in [-0.2, -0.15) is 0 Å². The van der Waals surface area contributed by atoms with E-state index in [1.165, 1.54) is 54.1 Å². The Labute approximate surface area is 119 Å². The van der Waals surface area contributed by atoms with Crippen LogP contribution in [0.25, 0.3) is 0 Å². The van der Waals surface area contributed by atoms with E-state index in [-0.39, 0.29) is 0 Å². The molecule has 18 heavy (non-hydrogen) atoms. The Balaban J connectivity index is 2.04. The number of rotatable bonds is 4. The molecule has 0 bridgehead atoms. The molecule has 1 aromatic carbocycles. The molecule has 1 fully saturated rings. The highest BCUT2D eigenvalue weighted by atomic mass is 79.9. The van der Waals surface area contributed by atoms with Gasteiger partial charge in [0.2, 0.25) is 0 Å². The Hall–Kier alpha value is -0.340. The molecule has 0 aliphatic heterocycles. The number of hydrogen-bond acceptors (Lipinski definition) is 1. The van der Waals surface area contributed by atoms with E-state index < -0.39 is 0 Å². The lowest BCUT2D eigenvalue weighted by Crippen LogP contribution is -2.21. The third kappa shape index (κ3) is 3.58. The largest absolute Gasteiger partial charge is 0.313 e. The molecule has 1 saturated carbocycles. The molecule has 1 N–H and O–H groups in total. The van der Waals surface area contributed by atoms with Gasteiger partial charge in [0.05, 0.1) is 0 Å². The van der Waals surface area contributed by atoms with Crippen molar-refractivity contribution in [1.82, 2.24) is 5.32 Å². The molecule has 0 aromatic heterocycles. The van der Waals surface area contributed by atoms with E-state index >= 15 is 0 Å². The van der Waals surface area contributed by atoms with Crippen LogP contribution in [0.2, 0.25) is 0 Å². The van der Waals surface area contributed by atoms with Gasteiger partial charge in [0.25, 0.3) is 0 Å². The molecule has 1 aliphatic carbocycles. The fraction of sp³-hybridized carbons (Fsp3) is 0.625. The molecule has 1 nitrogen and oxygen atoms in total. The smallest absolute Gasteiger partial charge is 0.0320 e. The molecule has 1 atom stereocenters. The number of benzene rings is 1. The molecule has 1 aliphatic rings. The van der Waals surface area contributed by atoms with Crippen molar-refractivity contribution in [2.45, 2.75) is 51.5 Å². The van der Waals surface area contributed by atoms with Crippen LogP contribution in [0.15, 0.2) is 22.7 Å². The summed E-state index contributed by atoms with van der Waals surface area (Å²) in [6.45, 7) is 2.17. The molecular weight excluding hydrogens is 286 g/mol. The minimum Gasteiger partial charge on any atom is -0.313 e. The lowest BCUT2D eigenvalue weighted by Gasteiger charge is -2.27. The first-order valence-corrected chi connectivity index (χ1v) is 7.93. The lowest BCUT2D eigenvalue weighted by atomic mass is 9.83. The average molecular weight is 310 g/mol. The first kappa shape index (κ1) is 14.1. The fourth-order valence-corrected chi connectivity index (χ4v) is 3.31. The van der Waals surface area contributed by atoms with Gasteiger partial charge in [0, 0.05) is 10.5 Å². The maximum absolute atomic E-state index is 3.58. The van der Waals surface area contributed by atoms with Crippen LogP contribution in [0.4, 0.5) is 0 Å². The Bertz CT molecular complexity index is 383.